The molecule has 1 unspecified atom stereocenters. The van der Waals surface area contributed by atoms with Crippen LogP contribution in [0.15, 0.2) is 96.9 Å². The van der Waals surface area contributed by atoms with Gasteiger partial charge in [0.25, 0.3) is 0 Å². The molecule has 0 N–H and O–H groups in total. The molecule has 3 aliphatic rings. The molecule has 0 saturated heterocycles. The maximum Gasteiger partial charge on any atom is 0.155 e. The van der Waals surface area contributed by atoms with Crippen molar-refractivity contribution in [3.05, 3.63) is 92.5 Å². The van der Waals surface area contributed by atoms with E-state index in [2.05, 4.69) is 80.9 Å². The topological polar surface area (TPSA) is 24.7 Å². The predicted octanol–water partition coefficient (Wildman–Crippen LogP) is 7.24. The molecule has 0 spiro atoms. The Balaban J connectivity index is 1.73. The first-order valence-corrected chi connectivity index (χ1v) is 11.2. The lowest BCUT2D eigenvalue weighted by molar-refractivity contribution is 0.732. The van der Waals surface area contributed by atoms with Gasteiger partial charge in [-0.25, -0.2) is 4.99 Å². The fourth-order valence-electron chi connectivity index (χ4n) is 3.72. The zero-order valence-corrected chi connectivity index (χ0v) is 18.8. The molecular formula is C24H22Br2N2. The molecule has 4 heteroatoms. The average molecular weight is 498 g/mol. The number of hydrogen-bond donors (Lipinski definition) is 0. The lowest BCUT2D eigenvalue weighted by Gasteiger charge is -2.25. The van der Waals surface area contributed by atoms with Gasteiger partial charge in [-0.1, -0.05) is 74.9 Å². The minimum Gasteiger partial charge on any atom is -0.258 e. The predicted molar refractivity (Wildman–Crippen MR) is 126 cm³/mol. The van der Waals surface area contributed by atoms with E-state index in [9.17, 15) is 0 Å². The Morgan fingerprint density at radius 2 is 2.00 bits per heavy atom. The van der Waals surface area contributed by atoms with Gasteiger partial charge in [0.15, 0.2) is 5.84 Å². The molecule has 2 aliphatic carbocycles. The zero-order valence-electron chi connectivity index (χ0n) is 15.7. The number of rotatable bonds is 4. The van der Waals surface area contributed by atoms with E-state index in [1.165, 1.54) is 15.6 Å². The molecule has 0 bridgehead atoms. The van der Waals surface area contributed by atoms with E-state index in [1.807, 2.05) is 12.1 Å². The van der Waals surface area contributed by atoms with Crippen molar-refractivity contribution in [1.29, 1.82) is 0 Å². The fourth-order valence-corrected chi connectivity index (χ4v) is 4.60. The van der Waals surface area contributed by atoms with Crippen molar-refractivity contribution < 1.29 is 0 Å². The van der Waals surface area contributed by atoms with E-state index in [-0.39, 0.29) is 6.04 Å². The monoisotopic (exact) mass is 496 g/mol. The third-order valence-electron chi connectivity index (χ3n) is 5.29. The van der Waals surface area contributed by atoms with Crippen LogP contribution in [0.5, 0.6) is 0 Å². The summed E-state index contributed by atoms with van der Waals surface area (Å²) in [4.78, 5) is 10.1. The van der Waals surface area contributed by atoms with Gasteiger partial charge in [-0.15, -0.1) is 0 Å². The molecule has 0 radical (unpaired) electrons. The lowest BCUT2D eigenvalue weighted by Crippen LogP contribution is -2.24. The molecule has 1 aliphatic heterocycles. The van der Waals surface area contributed by atoms with Crippen LogP contribution in [-0.4, -0.2) is 17.6 Å². The van der Waals surface area contributed by atoms with Gasteiger partial charge in [0.2, 0.25) is 0 Å². The molecular weight excluding hydrogens is 476 g/mol. The van der Waals surface area contributed by atoms with E-state index in [1.54, 1.807) is 0 Å². The van der Waals surface area contributed by atoms with E-state index in [4.69, 9.17) is 9.98 Å². The largest absolute Gasteiger partial charge is 0.258 e. The van der Waals surface area contributed by atoms with Crippen molar-refractivity contribution in [3.8, 4) is 0 Å². The molecule has 1 aromatic rings. The first-order valence-electron chi connectivity index (χ1n) is 9.62. The molecule has 1 atom stereocenters. The Labute approximate surface area is 183 Å². The van der Waals surface area contributed by atoms with Crippen LogP contribution in [0, 0.1) is 0 Å². The second-order valence-electron chi connectivity index (χ2n) is 7.22. The molecule has 0 amide bonds. The molecule has 4 rings (SSSR count). The SMILES string of the molecule is C=CC1=CC=C(C2CC(c3cccc(Br)c3)=NC(C3=CCCC(Br)=C3)=N2)CC1. The van der Waals surface area contributed by atoms with Crippen LogP contribution in [0.3, 0.4) is 0 Å². The first kappa shape index (κ1) is 19.5. The normalized spacial score (nSPS) is 22.3. The number of aliphatic imine (C=N–C) groups is 2. The van der Waals surface area contributed by atoms with Gasteiger partial charge in [-0.3, -0.25) is 4.99 Å². The van der Waals surface area contributed by atoms with E-state index in [0.29, 0.717) is 0 Å². The minimum absolute atomic E-state index is 0.138. The molecule has 2 nitrogen and oxygen atoms in total. The quantitative estimate of drug-likeness (QED) is 0.418. The highest BCUT2D eigenvalue weighted by molar-refractivity contribution is 9.11. The second-order valence-corrected chi connectivity index (χ2v) is 9.15. The molecule has 28 heavy (non-hydrogen) atoms. The number of amidine groups is 1. The third kappa shape index (κ3) is 4.44. The Kier molecular flexibility index (Phi) is 6.07. The smallest absolute Gasteiger partial charge is 0.155 e. The Morgan fingerprint density at radius 3 is 2.71 bits per heavy atom. The van der Waals surface area contributed by atoms with Gasteiger partial charge in [-0.05, 0) is 65.1 Å². The number of nitrogens with zero attached hydrogens (tertiary/aromatic N) is 2. The Bertz CT molecular complexity index is 990. The highest BCUT2D eigenvalue weighted by atomic mass is 79.9. The number of halogens is 2. The van der Waals surface area contributed by atoms with Crippen molar-refractivity contribution in [2.45, 2.75) is 38.1 Å². The van der Waals surface area contributed by atoms with Crippen LogP contribution >= 0.6 is 31.9 Å². The average Bonchev–Trinajstić information content (AvgIpc) is 2.73. The number of allylic oxidation sites excluding steroid dienone is 6. The van der Waals surface area contributed by atoms with Crippen LogP contribution in [0.1, 0.15) is 37.7 Å². The van der Waals surface area contributed by atoms with Crippen molar-refractivity contribution in [1.82, 2.24) is 0 Å². The summed E-state index contributed by atoms with van der Waals surface area (Å²) in [6.07, 6.45) is 15.7. The van der Waals surface area contributed by atoms with Gasteiger partial charge in [-0.2, -0.15) is 0 Å². The highest BCUT2D eigenvalue weighted by Gasteiger charge is 2.25. The van der Waals surface area contributed by atoms with Crippen LogP contribution < -0.4 is 0 Å². The summed E-state index contributed by atoms with van der Waals surface area (Å²) in [5.74, 6) is 0.849. The highest BCUT2D eigenvalue weighted by Crippen LogP contribution is 2.31. The minimum atomic E-state index is 0.138. The van der Waals surface area contributed by atoms with Crippen molar-refractivity contribution >= 4 is 43.4 Å². The summed E-state index contributed by atoms with van der Waals surface area (Å²) < 4.78 is 2.28. The van der Waals surface area contributed by atoms with Gasteiger partial charge < -0.3 is 0 Å². The fraction of sp³-hybridized carbons (Fsp3) is 0.250. The van der Waals surface area contributed by atoms with E-state index >= 15 is 0 Å². The van der Waals surface area contributed by atoms with Crippen molar-refractivity contribution in [3.63, 3.8) is 0 Å². The summed E-state index contributed by atoms with van der Waals surface area (Å²) in [6, 6.07) is 8.53. The molecule has 1 heterocycles. The maximum atomic E-state index is 5.07. The van der Waals surface area contributed by atoms with E-state index in [0.717, 1.165) is 59.3 Å². The van der Waals surface area contributed by atoms with Gasteiger partial charge in [0.05, 0.1) is 11.8 Å². The molecule has 0 aromatic heterocycles. The number of benzene rings is 1. The lowest BCUT2D eigenvalue weighted by atomic mass is 9.89. The summed E-state index contributed by atoms with van der Waals surface area (Å²) in [7, 11) is 0. The van der Waals surface area contributed by atoms with Crippen LogP contribution in [0.25, 0.3) is 0 Å². The van der Waals surface area contributed by atoms with Crippen molar-refractivity contribution in [2.24, 2.45) is 9.98 Å². The maximum absolute atomic E-state index is 5.07. The summed E-state index contributed by atoms with van der Waals surface area (Å²) in [5.41, 5.74) is 6.06. The van der Waals surface area contributed by atoms with Crippen LogP contribution in [0.2, 0.25) is 0 Å². The second kappa shape index (κ2) is 8.71. The standard InChI is InChI=1S/C24H22Br2N2/c1-2-16-9-11-17(12-10-16)22-15-23(18-5-3-7-20(25)13-18)28-24(27-22)19-6-4-8-21(26)14-19/h2-3,5-7,9,11,13-14,22H,1,4,8,10,12,15H2. The van der Waals surface area contributed by atoms with Crippen molar-refractivity contribution in [2.75, 3.05) is 0 Å². The van der Waals surface area contributed by atoms with Gasteiger partial charge >= 0.3 is 0 Å². The first-order chi connectivity index (χ1) is 13.6. The Hall–Kier alpha value is -1.78. The summed E-state index contributed by atoms with van der Waals surface area (Å²) in [5, 5.41) is 0. The van der Waals surface area contributed by atoms with Gasteiger partial charge in [0, 0.05) is 16.5 Å². The molecule has 0 fully saturated rings. The van der Waals surface area contributed by atoms with Crippen LogP contribution in [-0.2, 0) is 0 Å². The summed E-state index contributed by atoms with van der Waals surface area (Å²) >= 11 is 7.25. The van der Waals surface area contributed by atoms with E-state index < -0.39 is 0 Å². The Morgan fingerprint density at radius 1 is 1.11 bits per heavy atom. The van der Waals surface area contributed by atoms with Gasteiger partial charge in [0.1, 0.15) is 0 Å². The molecule has 1 aromatic carbocycles. The molecule has 142 valence electrons. The summed E-state index contributed by atoms with van der Waals surface area (Å²) in [6.45, 7) is 3.90. The molecule has 0 saturated carbocycles. The third-order valence-corrected chi connectivity index (χ3v) is 6.40. The number of hydrogen-bond acceptors (Lipinski definition) is 2. The van der Waals surface area contributed by atoms with Crippen LogP contribution in [0.4, 0.5) is 0 Å². The zero-order chi connectivity index (χ0) is 19.5.